The van der Waals surface area contributed by atoms with Crippen molar-refractivity contribution in [1.29, 1.82) is 0 Å². The van der Waals surface area contributed by atoms with E-state index in [0.717, 1.165) is 0 Å². The summed E-state index contributed by atoms with van der Waals surface area (Å²) in [6.07, 6.45) is 0. The molecule has 104 valence electrons. The third-order valence-electron chi connectivity index (χ3n) is 1.07. The Balaban J connectivity index is 5.40. The molecule has 0 rings (SSSR count). The largest absolute Gasteiger partial charge is 0.458 e. The lowest BCUT2D eigenvalue weighted by molar-refractivity contribution is 0.221. The van der Waals surface area contributed by atoms with Crippen LogP contribution in [0.4, 0.5) is 16.8 Å². The molecule has 0 saturated heterocycles. The first-order valence-electron chi connectivity index (χ1n) is 4.46. The lowest BCUT2D eigenvalue weighted by Gasteiger charge is -2.12. The van der Waals surface area contributed by atoms with Gasteiger partial charge in [-0.3, -0.25) is 9.05 Å². The molecular formula is C5H13F4N2O3P3. The van der Waals surface area contributed by atoms with E-state index in [1.54, 1.807) is 0 Å². The Kier molecular flexibility index (Phi) is 6.61. The van der Waals surface area contributed by atoms with Crippen molar-refractivity contribution in [1.82, 2.24) is 0 Å². The van der Waals surface area contributed by atoms with Gasteiger partial charge >= 0.3 is 15.6 Å². The van der Waals surface area contributed by atoms with Gasteiger partial charge in [-0.05, 0) is 13.8 Å². The van der Waals surface area contributed by atoms with Gasteiger partial charge in [0, 0.05) is 6.66 Å². The third kappa shape index (κ3) is 8.11. The average Bonchev–Trinajstić information content (AvgIpc) is 1.96. The predicted octanol–water partition coefficient (Wildman–Crippen LogP) is 5.65. The van der Waals surface area contributed by atoms with Crippen molar-refractivity contribution >= 4 is 23.2 Å². The SMILES string of the molecule is CCOP(=O)(N=P(F)(F)N=P(C)(F)F)OCC. The van der Waals surface area contributed by atoms with E-state index < -0.39 is 23.2 Å². The van der Waals surface area contributed by atoms with Crippen LogP contribution >= 0.6 is 23.2 Å². The zero-order valence-electron chi connectivity index (χ0n) is 9.39. The molecule has 17 heavy (non-hydrogen) atoms. The molecular weight excluding hydrogens is 305 g/mol. The van der Waals surface area contributed by atoms with E-state index in [1.165, 1.54) is 13.8 Å². The van der Waals surface area contributed by atoms with Crippen LogP contribution in [0.5, 0.6) is 0 Å². The number of hydrogen-bond acceptors (Lipinski definition) is 3. The molecule has 0 bridgehead atoms. The predicted molar refractivity (Wildman–Crippen MR) is 59.9 cm³/mol. The third-order valence-corrected chi connectivity index (χ3v) is 6.09. The maximum atomic E-state index is 13.1. The highest BCUT2D eigenvalue weighted by Crippen LogP contribution is 2.71. The molecule has 0 unspecified atom stereocenters. The number of rotatable bonds is 6. The van der Waals surface area contributed by atoms with Crippen LogP contribution < -0.4 is 0 Å². The zero-order chi connectivity index (χ0) is 13.7. The van der Waals surface area contributed by atoms with Crippen molar-refractivity contribution in [3.63, 3.8) is 0 Å². The van der Waals surface area contributed by atoms with E-state index >= 15 is 0 Å². The van der Waals surface area contributed by atoms with Crippen molar-refractivity contribution in [3.8, 4) is 0 Å². The Morgan fingerprint density at radius 1 is 1.00 bits per heavy atom. The van der Waals surface area contributed by atoms with Gasteiger partial charge in [0.2, 0.25) is 0 Å². The van der Waals surface area contributed by atoms with Gasteiger partial charge < -0.3 is 0 Å². The summed E-state index contributed by atoms with van der Waals surface area (Å²) in [4.78, 5) is 0. The van der Waals surface area contributed by atoms with Crippen LogP contribution in [0, 0.1) is 0 Å². The van der Waals surface area contributed by atoms with E-state index in [1.807, 2.05) is 4.52 Å². The Morgan fingerprint density at radius 3 is 1.71 bits per heavy atom. The molecule has 0 N–H and O–H groups in total. The van der Waals surface area contributed by atoms with Gasteiger partial charge in [0.15, 0.2) is 0 Å². The second kappa shape index (κ2) is 6.48. The quantitative estimate of drug-likeness (QED) is 0.469. The molecule has 0 spiro atoms. The van der Waals surface area contributed by atoms with Crippen LogP contribution in [-0.2, 0) is 13.6 Å². The molecule has 0 aliphatic heterocycles. The summed E-state index contributed by atoms with van der Waals surface area (Å²) in [5, 5.41) is 0. The summed E-state index contributed by atoms with van der Waals surface area (Å²) in [6, 6.07) is 0. The molecule has 0 amide bonds. The molecule has 5 nitrogen and oxygen atoms in total. The highest BCUT2D eigenvalue weighted by molar-refractivity contribution is 7.70. The molecule has 0 atom stereocenters. The molecule has 0 aromatic rings. The molecule has 12 heteroatoms. The van der Waals surface area contributed by atoms with Gasteiger partial charge in [-0.15, -0.1) is 17.4 Å². The monoisotopic (exact) mass is 318 g/mol. The highest BCUT2D eigenvalue weighted by Gasteiger charge is 2.32. The van der Waals surface area contributed by atoms with Crippen LogP contribution in [0.3, 0.4) is 0 Å². The van der Waals surface area contributed by atoms with E-state index in [9.17, 15) is 21.4 Å². The fourth-order valence-corrected chi connectivity index (χ4v) is 4.93. The van der Waals surface area contributed by atoms with Crippen LogP contribution in [0.15, 0.2) is 9.03 Å². The van der Waals surface area contributed by atoms with Crippen molar-refractivity contribution in [2.24, 2.45) is 9.03 Å². The normalized spacial score (nSPS) is 13.6. The Morgan fingerprint density at radius 2 is 1.41 bits per heavy atom. The minimum absolute atomic E-state index is 0.196. The second-order valence-corrected chi connectivity index (χ2v) is 7.99. The van der Waals surface area contributed by atoms with Crippen LogP contribution in [-0.4, -0.2) is 19.9 Å². The van der Waals surface area contributed by atoms with Gasteiger partial charge in [0.1, 0.15) is 0 Å². The number of halogens is 4. The molecule has 0 saturated carbocycles. The first kappa shape index (κ1) is 17.3. The van der Waals surface area contributed by atoms with Crippen LogP contribution in [0.1, 0.15) is 13.8 Å². The van der Waals surface area contributed by atoms with Gasteiger partial charge in [-0.25, -0.2) is 4.57 Å². The van der Waals surface area contributed by atoms with Gasteiger partial charge in [0.05, 0.1) is 13.2 Å². The standard InChI is InChI=1S/C5H13F4N2O3P3/c1-4-13-17(12,14-5-2)11-16(8,9)10-15(3,6)7/h4-5H2,1-3H3. The molecule has 0 aromatic heterocycles. The van der Waals surface area contributed by atoms with Crippen LogP contribution in [0.25, 0.3) is 0 Å². The van der Waals surface area contributed by atoms with E-state index in [2.05, 4.69) is 13.6 Å². The van der Waals surface area contributed by atoms with Crippen molar-refractivity contribution in [2.75, 3.05) is 19.9 Å². The van der Waals surface area contributed by atoms with Crippen molar-refractivity contribution < 1.29 is 30.4 Å². The summed E-state index contributed by atoms with van der Waals surface area (Å²) >= 11 is 0. The molecule has 0 aromatic carbocycles. The minimum Gasteiger partial charge on any atom is -0.291 e. The van der Waals surface area contributed by atoms with Gasteiger partial charge in [-0.2, -0.15) is 8.39 Å². The summed E-state index contributed by atoms with van der Waals surface area (Å²) in [5.41, 5.74) is 0. The Labute approximate surface area is 97.1 Å². The highest BCUT2D eigenvalue weighted by atomic mass is 31.3. The van der Waals surface area contributed by atoms with E-state index in [0.29, 0.717) is 6.66 Å². The van der Waals surface area contributed by atoms with Crippen molar-refractivity contribution in [2.45, 2.75) is 13.8 Å². The molecule has 0 heterocycles. The van der Waals surface area contributed by atoms with Crippen LogP contribution in [0.2, 0.25) is 0 Å². The molecule has 0 aliphatic rings. The zero-order valence-corrected chi connectivity index (χ0v) is 12.1. The number of nitrogens with zero attached hydrogens (tertiary/aromatic N) is 2. The fourth-order valence-electron chi connectivity index (χ4n) is 0.754. The van der Waals surface area contributed by atoms with Gasteiger partial charge in [-0.1, -0.05) is 0 Å². The first-order chi connectivity index (χ1) is 7.54. The smallest absolute Gasteiger partial charge is 0.291 e. The summed E-state index contributed by atoms with van der Waals surface area (Å²) in [7, 11) is -15.2. The summed E-state index contributed by atoms with van der Waals surface area (Å²) in [6.45, 7) is 2.67. The lowest BCUT2D eigenvalue weighted by atomic mass is 10.9. The molecule has 0 aliphatic carbocycles. The maximum Gasteiger partial charge on any atom is 0.458 e. The first-order valence-corrected chi connectivity index (χ1v) is 9.40. The summed E-state index contributed by atoms with van der Waals surface area (Å²) in [5.74, 6) is 0. The molecule has 0 radical (unpaired) electrons. The average molecular weight is 318 g/mol. The van der Waals surface area contributed by atoms with Crippen molar-refractivity contribution in [3.05, 3.63) is 0 Å². The Hall–Kier alpha value is 0.330. The second-order valence-electron chi connectivity index (χ2n) is 2.69. The Bertz CT molecular complexity index is 385. The lowest BCUT2D eigenvalue weighted by Crippen LogP contribution is -1.92. The topological polar surface area (TPSA) is 60.2 Å². The molecule has 0 fully saturated rings. The van der Waals surface area contributed by atoms with E-state index in [-0.39, 0.29) is 13.2 Å². The minimum atomic E-state index is -5.71. The summed E-state index contributed by atoms with van der Waals surface area (Å²) < 4.78 is 75.9. The fraction of sp³-hybridized carbons (Fsp3) is 1.00. The number of hydrogen-bond donors (Lipinski definition) is 0. The van der Waals surface area contributed by atoms with Gasteiger partial charge in [0.25, 0.3) is 7.68 Å². The maximum absolute atomic E-state index is 13.1. The van der Waals surface area contributed by atoms with E-state index in [4.69, 9.17) is 0 Å².